The Morgan fingerprint density at radius 3 is 0.549 bits per heavy atom. The number of nitrogens with one attached hydrogen (secondary N) is 5. The Labute approximate surface area is 558 Å². The standard InChI is InChI=1S/2C20H19N3.C14H16N2.C8H11N.10C2H6/c2*1-15-3-5-17(6-4-15)22-19-11-13-20(14-12-19)23-18-9-7-16(21-2)8-10-18;1-11-3-5-13(6-4-11)16-14-9-7-12(15-2)8-10-14;1-7-3-5-8(9-2)6-4-7;10*1-2/h2*3-14,22H,1-2H3;3-10,15-16H,1-2H3;3-6,9H,1-2H3;10*1-2H3. The van der Waals surface area contributed by atoms with Gasteiger partial charge in [0.25, 0.3) is 0 Å². The van der Waals surface area contributed by atoms with Crippen LogP contribution in [0.3, 0.4) is 0 Å². The summed E-state index contributed by atoms with van der Waals surface area (Å²) >= 11 is 0. The second kappa shape index (κ2) is 64.2. The van der Waals surface area contributed by atoms with Crippen LogP contribution in [0.2, 0.25) is 0 Å². The van der Waals surface area contributed by atoms with Gasteiger partial charge in [-0.05, 0) is 198 Å². The Hall–Kier alpha value is -8.82. The van der Waals surface area contributed by atoms with Crippen LogP contribution in [0.5, 0.6) is 0 Å². The SMILES string of the molecule is CC.CC.CC.CC.CC.CC.CC.CC.CC.CC.CN=C1C=CC(=Nc2ccc(Nc3ccc(C)cc3)cc2)C=C1.CN=C1C=CC(=Nc2ccc(Nc3ccc(C)cc3)cc2)C=C1.CNc1ccc(C)cc1.CNc1ccc(Nc2ccc(C)cc2)cc1. The van der Waals surface area contributed by atoms with Crippen molar-refractivity contribution in [1.82, 2.24) is 0 Å². The molecule has 0 fully saturated rings. The molecule has 0 heterocycles. The van der Waals surface area contributed by atoms with Crippen LogP contribution in [0.1, 0.15) is 161 Å². The van der Waals surface area contributed by atoms with E-state index in [-0.39, 0.29) is 0 Å². The normalized spacial score (nSPS) is 9.93. The number of anilines is 8. The minimum Gasteiger partial charge on any atom is -0.388 e. The monoisotopic (exact) mass is 1240 g/mol. The van der Waals surface area contributed by atoms with Crippen LogP contribution < -0.4 is 26.6 Å². The predicted molar refractivity (Wildman–Crippen MR) is 424 cm³/mol. The molecule has 0 unspecified atom stereocenters. The number of aliphatic imine (C=N–C) groups is 4. The van der Waals surface area contributed by atoms with E-state index >= 15 is 0 Å². The molecule has 9 rings (SSSR count). The van der Waals surface area contributed by atoms with E-state index in [1.54, 1.807) is 14.1 Å². The van der Waals surface area contributed by atoms with Crippen LogP contribution in [0.4, 0.5) is 56.9 Å². The highest BCUT2D eigenvalue weighted by Gasteiger charge is 2.02. The first-order valence-corrected chi connectivity index (χ1v) is 33.6. The van der Waals surface area contributed by atoms with Crippen molar-refractivity contribution >= 4 is 79.7 Å². The molecule has 0 spiro atoms. The average molecular weight is 1240 g/mol. The minimum atomic E-state index is 0.927. The molecule has 9 nitrogen and oxygen atoms in total. The molecule has 0 amide bonds. The molecule has 7 aromatic carbocycles. The van der Waals surface area contributed by atoms with Crippen molar-refractivity contribution in [3.8, 4) is 0 Å². The summed E-state index contributed by atoms with van der Waals surface area (Å²) in [5, 5.41) is 16.3. The first kappa shape index (κ1) is 90.9. The molecule has 0 aliphatic heterocycles. The fourth-order valence-corrected chi connectivity index (χ4v) is 6.74. The third-order valence-corrected chi connectivity index (χ3v) is 11.0. The van der Waals surface area contributed by atoms with Crippen LogP contribution in [0, 0.1) is 27.7 Å². The van der Waals surface area contributed by atoms with Crippen molar-refractivity contribution in [2.45, 2.75) is 166 Å². The molecule has 2 aliphatic carbocycles. The van der Waals surface area contributed by atoms with E-state index < -0.39 is 0 Å². The van der Waals surface area contributed by atoms with Crippen molar-refractivity contribution in [1.29, 1.82) is 0 Å². The summed E-state index contributed by atoms with van der Waals surface area (Å²) in [6, 6.07) is 57.8. The van der Waals surface area contributed by atoms with Gasteiger partial charge in [0.1, 0.15) is 0 Å². The molecule has 0 radical (unpaired) electrons. The fourth-order valence-electron chi connectivity index (χ4n) is 6.74. The maximum Gasteiger partial charge on any atom is 0.0638 e. The molecule has 0 aromatic heterocycles. The maximum absolute atomic E-state index is 4.61. The van der Waals surface area contributed by atoms with Gasteiger partial charge in [0.15, 0.2) is 0 Å². The fraction of sp³-hybridized carbons (Fsp3) is 0.341. The molecular formula is C82H125N9. The van der Waals surface area contributed by atoms with Crippen LogP contribution in [-0.2, 0) is 0 Å². The third-order valence-electron chi connectivity index (χ3n) is 11.0. The highest BCUT2D eigenvalue weighted by atomic mass is 14.9. The Morgan fingerprint density at radius 2 is 0.363 bits per heavy atom. The van der Waals surface area contributed by atoms with E-state index in [4.69, 9.17) is 0 Å². The molecule has 0 atom stereocenters. The highest BCUT2D eigenvalue weighted by molar-refractivity contribution is 6.19. The molecular weight excluding hydrogens is 1110 g/mol. The number of hydrogen-bond donors (Lipinski definition) is 5. The van der Waals surface area contributed by atoms with Crippen molar-refractivity contribution < 1.29 is 0 Å². The van der Waals surface area contributed by atoms with Crippen LogP contribution >= 0.6 is 0 Å². The Morgan fingerprint density at radius 1 is 0.209 bits per heavy atom. The summed E-state index contributed by atoms with van der Waals surface area (Å²) in [5.74, 6) is 0. The van der Waals surface area contributed by atoms with Gasteiger partial charge in [-0.25, -0.2) is 9.98 Å². The topological polar surface area (TPSA) is 110 Å². The van der Waals surface area contributed by atoms with Crippen molar-refractivity contribution in [2.24, 2.45) is 20.0 Å². The number of allylic oxidation sites excluding steroid dienone is 8. The quantitative estimate of drug-likeness (QED) is 0.0877. The highest BCUT2D eigenvalue weighted by Crippen LogP contribution is 2.24. The van der Waals surface area contributed by atoms with Gasteiger partial charge in [0.2, 0.25) is 0 Å². The molecule has 0 saturated heterocycles. The molecule has 0 bridgehead atoms. The summed E-state index contributed by atoms with van der Waals surface area (Å²) in [7, 11) is 7.41. The zero-order valence-electron chi connectivity index (χ0n) is 62.1. The molecule has 0 saturated carbocycles. The third kappa shape index (κ3) is 42.7. The number of aryl methyl sites for hydroxylation is 4. The predicted octanol–water partition coefficient (Wildman–Crippen LogP) is 26.1. The molecule has 91 heavy (non-hydrogen) atoms. The van der Waals surface area contributed by atoms with Crippen LogP contribution in [0.15, 0.2) is 238 Å². The summed E-state index contributed by atoms with van der Waals surface area (Å²) < 4.78 is 0. The van der Waals surface area contributed by atoms with Gasteiger partial charge < -0.3 is 26.6 Å². The number of benzene rings is 7. The van der Waals surface area contributed by atoms with Gasteiger partial charge in [-0.15, -0.1) is 0 Å². The lowest BCUT2D eigenvalue weighted by molar-refractivity contribution is 1.44. The summed E-state index contributed by atoms with van der Waals surface area (Å²) in [5.41, 5.74) is 19.5. The number of rotatable bonds is 10. The largest absolute Gasteiger partial charge is 0.388 e. The van der Waals surface area contributed by atoms with E-state index in [1.165, 1.54) is 27.9 Å². The summed E-state index contributed by atoms with van der Waals surface area (Å²) in [4.78, 5) is 17.5. The minimum absolute atomic E-state index is 0.927. The second-order valence-corrected chi connectivity index (χ2v) is 16.7. The molecule has 9 heteroatoms. The Kier molecular flexibility index (Phi) is 64.1. The van der Waals surface area contributed by atoms with Gasteiger partial charge in [-0.2, -0.15) is 0 Å². The summed E-state index contributed by atoms with van der Waals surface area (Å²) in [6.45, 7) is 48.3. The smallest absolute Gasteiger partial charge is 0.0638 e. The first-order chi connectivity index (χ1) is 44.6. The Bertz CT molecular complexity index is 2820. The molecule has 2 aliphatic rings. The second-order valence-electron chi connectivity index (χ2n) is 16.7. The van der Waals surface area contributed by atoms with Gasteiger partial charge in [-0.1, -0.05) is 209 Å². The Balaban J connectivity index is -0.000000339. The molecule has 498 valence electrons. The van der Waals surface area contributed by atoms with E-state index in [9.17, 15) is 0 Å². The van der Waals surface area contributed by atoms with E-state index in [1.807, 2.05) is 250 Å². The number of hydrogen-bond acceptors (Lipinski definition) is 9. The van der Waals surface area contributed by atoms with Crippen LogP contribution in [0.25, 0.3) is 0 Å². The van der Waals surface area contributed by atoms with Crippen molar-refractivity contribution in [2.75, 3.05) is 54.8 Å². The zero-order chi connectivity index (χ0) is 70.2. The van der Waals surface area contributed by atoms with E-state index in [2.05, 4.69) is 196 Å². The zero-order valence-corrected chi connectivity index (χ0v) is 62.1. The van der Waals surface area contributed by atoms with E-state index in [0.29, 0.717) is 0 Å². The van der Waals surface area contributed by atoms with Gasteiger partial charge in [0, 0.05) is 73.7 Å². The van der Waals surface area contributed by atoms with Crippen molar-refractivity contribution in [3.05, 3.63) is 241 Å². The van der Waals surface area contributed by atoms with Crippen LogP contribution in [-0.4, -0.2) is 51.0 Å². The van der Waals surface area contributed by atoms with Gasteiger partial charge in [-0.3, -0.25) is 9.98 Å². The van der Waals surface area contributed by atoms with Crippen molar-refractivity contribution in [3.63, 3.8) is 0 Å². The average Bonchev–Trinajstić information content (AvgIpc) is 2.89. The van der Waals surface area contributed by atoms with E-state index in [0.717, 1.165) is 74.0 Å². The number of nitrogens with zero attached hydrogens (tertiary/aromatic N) is 4. The first-order valence-electron chi connectivity index (χ1n) is 33.6. The summed E-state index contributed by atoms with van der Waals surface area (Å²) in [6.07, 6.45) is 15.7. The van der Waals surface area contributed by atoms with Gasteiger partial charge in [0.05, 0.1) is 34.2 Å². The molecule has 7 aromatic rings. The molecule has 5 N–H and O–H groups in total. The lowest BCUT2D eigenvalue weighted by Gasteiger charge is -2.07. The lowest BCUT2D eigenvalue weighted by atomic mass is 10.1. The lowest BCUT2D eigenvalue weighted by Crippen LogP contribution is -1.99. The maximum atomic E-state index is 4.61. The van der Waals surface area contributed by atoms with Gasteiger partial charge >= 0.3 is 0 Å².